The molecule has 0 radical (unpaired) electrons. The lowest BCUT2D eigenvalue weighted by Gasteiger charge is -2.36. The lowest BCUT2D eigenvalue weighted by atomic mass is 9.90. The van der Waals surface area contributed by atoms with Crippen LogP contribution in [0.4, 0.5) is 5.69 Å². The van der Waals surface area contributed by atoms with Crippen molar-refractivity contribution in [2.75, 3.05) is 31.2 Å². The third kappa shape index (κ3) is 4.96. The number of rotatable bonds is 6. The van der Waals surface area contributed by atoms with Crippen LogP contribution in [0.15, 0.2) is 34.5 Å². The van der Waals surface area contributed by atoms with Crippen LogP contribution in [0.1, 0.15) is 56.0 Å². The first kappa shape index (κ1) is 23.4. The minimum Gasteiger partial charge on any atom is -0.396 e. The Bertz CT molecular complexity index is 946. The molecule has 1 aliphatic carbocycles. The van der Waals surface area contributed by atoms with Crippen LogP contribution in [0.25, 0.3) is 0 Å². The molecule has 0 unspecified atom stereocenters. The number of carbonyl (C=O) groups excluding carboxylic acids is 2. The fourth-order valence-electron chi connectivity index (χ4n) is 4.47. The van der Waals surface area contributed by atoms with E-state index in [-0.39, 0.29) is 23.9 Å². The van der Waals surface area contributed by atoms with Gasteiger partial charge in [0.2, 0.25) is 5.78 Å². The highest BCUT2D eigenvalue weighted by molar-refractivity contribution is 6.31. The summed E-state index contributed by atoms with van der Waals surface area (Å²) in [7, 11) is 0. The number of carbonyl (C=O) groups is 2. The van der Waals surface area contributed by atoms with Gasteiger partial charge in [0.15, 0.2) is 0 Å². The van der Waals surface area contributed by atoms with Crippen LogP contribution in [-0.2, 0) is 9.53 Å². The SMILES string of the molecule is CCN(c1cc(Cl)cc(C(=O)NCC2=C(C)CC(C)=C(N)C2=O)c1C)C1CCOCC1. The van der Waals surface area contributed by atoms with Crippen molar-refractivity contribution in [3.05, 3.63) is 50.7 Å². The second-order valence-electron chi connectivity index (χ2n) is 8.37. The first-order valence-corrected chi connectivity index (χ1v) is 11.2. The van der Waals surface area contributed by atoms with Crippen LogP contribution in [0.2, 0.25) is 5.02 Å². The average Bonchev–Trinajstić information content (AvgIpc) is 2.75. The molecule has 0 saturated carbocycles. The zero-order chi connectivity index (χ0) is 22.7. The zero-order valence-corrected chi connectivity index (χ0v) is 19.6. The molecule has 2 aliphatic rings. The minimum atomic E-state index is -0.248. The highest BCUT2D eigenvalue weighted by atomic mass is 35.5. The van der Waals surface area contributed by atoms with Gasteiger partial charge >= 0.3 is 0 Å². The molecular formula is C24H32ClN3O3. The Morgan fingerprint density at radius 2 is 1.90 bits per heavy atom. The normalized spacial score (nSPS) is 17.9. The zero-order valence-electron chi connectivity index (χ0n) is 18.8. The van der Waals surface area contributed by atoms with Gasteiger partial charge in [-0.25, -0.2) is 0 Å². The monoisotopic (exact) mass is 445 g/mol. The van der Waals surface area contributed by atoms with Crippen molar-refractivity contribution >= 4 is 29.0 Å². The minimum absolute atomic E-state index is 0.149. The van der Waals surface area contributed by atoms with Gasteiger partial charge in [-0.15, -0.1) is 0 Å². The number of amides is 1. The lowest BCUT2D eigenvalue weighted by molar-refractivity contribution is -0.112. The number of anilines is 1. The maximum atomic E-state index is 13.1. The smallest absolute Gasteiger partial charge is 0.251 e. The van der Waals surface area contributed by atoms with Crippen LogP contribution in [0.3, 0.4) is 0 Å². The molecule has 1 aliphatic heterocycles. The predicted molar refractivity (Wildman–Crippen MR) is 125 cm³/mol. The molecule has 7 heteroatoms. The molecule has 31 heavy (non-hydrogen) atoms. The topological polar surface area (TPSA) is 84.7 Å². The van der Waals surface area contributed by atoms with E-state index >= 15 is 0 Å². The highest BCUT2D eigenvalue weighted by Gasteiger charge is 2.26. The van der Waals surface area contributed by atoms with E-state index < -0.39 is 0 Å². The Morgan fingerprint density at radius 1 is 1.23 bits per heavy atom. The second-order valence-corrected chi connectivity index (χ2v) is 8.80. The largest absolute Gasteiger partial charge is 0.396 e. The summed E-state index contributed by atoms with van der Waals surface area (Å²) in [5.41, 5.74) is 11.0. The van der Waals surface area contributed by atoms with E-state index in [2.05, 4.69) is 17.1 Å². The number of nitrogens with zero attached hydrogens (tertiary/aromatic N) is 1. The maximum absolute atomic E-state index is 13.1. The molecule has 0 aromatic heterocycles. The second kappa shape index (κ2) is 9.88. The summed E-state index contributed by atoms with van der Waals surface area (Å²) in [6, 6.07) is 3.98. The number of hydrogen-bond donors (Lipinski definition) is 2. The van der Waals surface area contributed by atoms with Gasteiger partial charge in [-0.2, -0.15) is 0 Å². The van der Waals surface area contributed by atoms with Gasteiger partial charge in [-0.3, -0.25) is 9.59 Å². The molecule has 1 fully saturated rings. The Morgan fingerprint density at radius 3 is 2.55 bits per heavy atom. The number of benzene rings is 1. The van der Waals surface area contributed by atoms with E-state index in [1.807, 2.05) is 26.8 Å². The number of nitrogens with one attached hydrogen (secondary N) is 1. The van der Waals surface area contributed by atoms with E-state index in [4.69, 9.17) is 22.1 Å². The van der Waals surface area contributed by atoms with Crippen LogP contribution in [0.5, 0.6) is 0 Å². The number of ether oxygens (including phenoxy) is 1. The fourth-order valence-corrected chi connectivity index (χ4v) is 4.68. The predicted octanol–water partition coefficient (Wildman–Crippen LogP) is 3.91. The van der Waals surface area contributed by atoms with E-state index in [9.17, 15) is 9.59 Å². The van der Waals surface area contributed by atoms with Crippen molar-refractivity contribution in [1.29, 1.82) is 0 Å². The summed E-state index contributed by atoms with van der Waals surface area (Å²) in [5, 5.41) is 3.42. The average molecular weight is 446 g/mol. The summed E-state index contributed by atoms with van der Waals surface area (Å²) in [6.07, 6.45) is 2.55. The van der Waals surface area contributed by atoms with Gasteiger partial charge < -0.3 is 20.7 Å². The summed E-state index contributed by atoms with van der Waals surface area (Å²) >= 11 is 6.42. The van der Waals surface area contributed by atoms with Crippen molar-refractivity contribution in [3.8, 4) is 0 Å². The van der Waals surface area contributed by atoms with Crippen molar-refractivity contribution in [1.82, 2.24) is 5.32 Å². The number of allylic oxidation sites excluding steroid dienone is 3. The molecule has 1 aromatic rings. The number of hydrogen-bond acceptors (Lipinski definition) is 5. The highest BCUT2D eigenvalue weighted by Crippen LogP contribution is 2.32. The number of halogens is 1. The van der Waals surface area contributed by atoms with Crippen LogP contribution >= 0.6 is 11.6 Å². The Hall–Kier alpha value is -2.31. The first-order chi connectivity index (χ1) is 14.7. The molecule has 3 rings (SSSR count). The molecule has 3 N–H and O–H groups in total. The molecular weight excluding hydrogens is 414 g/mol. The summed E-state index contributed by atoms with van der Waals surface area (Å²) in [4.78, 5) is 27.9. The summed E-state index contributed by atoms with van der Waals surface area (Å²) < 4.78 is 5.51. The molecule has 6 nitrogen and oxygen atoms in total. The van der Waals surface area contributed by atoms with Gasteiger partial charge in [-0.1, -0.05) is 17.2 Å². The molecule has 168 valence electrons. The molecule has 1 amide bonds. The fraction of sp³-hybridized carbons (Fsp3) is 0.500. The quantitative estimate of drug-likeness (QED) is 0.693. The molecule has 0 spiro atoms. The Labute approximate surface area is 189 Å². The van der Waals surface area contributed by atoms with E-state index in [0.717, 1.165) is 55.0 Å². The van der Waals surface area contributed by atoms with Gasteiger partial charge in [0, 0.05) is 54.2 Å². The molecule has 1 saturated heterocycles. The van der Waals surface area contributed by atoms with E-state index in [1.54, 1.807) is 6.07 Å². The standard InChI is InChI=1S/C24H32ClN3O3/c1-5-28(18-6-8-31-9-7-18)21-12-17(25)11-19(16(21)4)24(30)27-13-20-14(2)10-15(3)22(26)23(20)29/h11-12,18H,5-10,13,26H2,1-4H3,(H,27,30). The summed E-state index contributed by atoms with van der Waals surface area (Å²) in [6.45, 7) is 10.3. The molecule has 0 atom stereocenters. The first-order valence-electron chi connectivity index (χ1n) is 10.9. The number of Topliss-reactive ketones (excluding diaryl/α,β-unsaturated/α-hetero) is 1. The molecule has 1 aromatic carbocycles. The van der Waals surface area contributed by atoms with Crippen molar-refractivity contribution in [2.45, 2.75) is 53.0 Å². The van der Waals surface area contributed by atoms with Gasteiger partial charge in [0.1, 0.15) is 0 Å². The van der Waals surface area contributed by atoms with Crippen molar-refractivity contribution in [3.63, 3.8) is 0 Å². The molecule has 1 heterocycles. The van der Waals surface area contributed by atoms with Crippen molar-refractivity contribution in [2.24, 2.45) is 5.73 Å². The number of ketones is 1. The van der Waals surface area contributed by atoms with Gasteiger partial charge in [0.05, 0.1) is 5.70 Å². The van der Waals surface area contributed by atoms with Crippen LogP contribution in [-0.4, -0.2) is 44.0 Å². The van der Waals surface area contributed by atoms with E-state index in [1.165, 1.54) is 0 Å². The van der Waals surface area contributed by atoms with Crippen LogP contribution in [0, 0.1) is 6.92 Å². The molecule has 0 bridgehead atoms. The summed E-state index contributed by atoms with van der Waals surface area (Å²) in [5.74, 6) is -0.441. The third-order valence-corrected chi connectivity index (χ3v) is 6.54. The van der Waals surface area contributed by atoms with Crippen molar-refractivity contribution < 1.29 is 14.3 Å². The number of nitrogens with two attached hydrogens (primary N) is 1. The maximum Gasteiger partial charge on any atom is 0.251 e. The Balaban J connectivity index is 1.82. The van der Waals surface area contributed by atoms with Crippen LogP contribution < -0.4 is 16.0 Å². The Kier molecular flexibility index (Phi) is 7.44. The van der Waals surface area contributed by atoms with Gasteiger partial charge in [0.25, 0.3) is 5.91 Å². The van der Waals surface area contributed by atoms with Gasteiger partial charge in [-0.05, 0) is 70.2 Å². The third-order valence-electron chi connectivity index (χ3n) is 6.32. The lowest BCUT2D eigenvalue weighted by Crippen LogP contribution is -2.40. The van der Waals surface area contributed by atoms with E-state index in [0.29, 0.717) is 28.6 Å².